The number of amides is 6. The molecule has 1 heterocycles. The van der Waals surface area contributed by atoms with Gasteiger partial charge in [0.15, 0.2) is 5.92 Å². The predicted octanol–water partition coefficient (Wildman–Crippen LogP) is 3.14. The normalized spacial score (nSPS) is 15.4. The summed E-state index contributed by atoms with van der Waals surface area (Å²) in [5.41, 5.74) is 4.08. The topological polar surface area (TPSA) is 137 Å². The Kier molecular flexibility index (Phi) is 7.70. The Morgan fingerprint density at radius 2 is 1.62 bits per heavy atom. The van der Waals surface area contributed by atoms with Crippen LogP contribution in [0.2, 0.25) is 5.02 Å². The second-order valence-electron chi connectivity index (χ2n) is 7.93. The standard InChI is InChI=1S/C26H20ClN5O5/c27-18-8-12-20(13-9-18)32-25(36)21(24(35)30-26(32)37)15-28-31-23(34)17-6-10-19(11-7-17)29-22(33)14-16-4-2-1-3-5-16/h1-13,15,21H,14H2,(H,29,33)(H,31,34)(H,30,35,37)/b28-15-/t21-/m1/s1. The second-order valence-corrected chi connectivity index (χ2v) is 8.37. The lowest BCUT2D eigenvalue weighted by molar-refractivity contribution is -0.131. The average molecular weight is 518 g/mol. The minimum atomic E-state index is -1.43. The average Bonchev–Trinajstić information content (AvgIpc) is 2.88. The van der Waals surface area contributed by atoms with Crippen LogP contribution in [0.4, 0.5) is 16.2 Å². The van der Waals surface area contributed by atoms with E-state index in [9.17, 15) is 24.0 Å². The van der Waals surface area contributed by atoms with Crippen molar-refractivity contribution in [1.29, 1.82) is 0 Å². The van der Waals surface area contributed by atoms with Crippen LogP contribution in [0.15, 0.2) is 84.0 Å². The summed E-state index contributed by atoms with van der Waals surface area (Å²) in [5, 5.41) is 8.97. The van der Waals surface area contributed by atoms with Crippen LogP contribution in [0.1, 0.15) is 15.9 Å². The molecule has 0 saturated carbocycles. The first-order valence-corrected chi connectivity index (χ1v) is 11.4. The van der Waals surface area contributed by atoms with Gasteiger partial charge < -0.3 is 5.32 Å². The maximum atomic E-state index is 12.8. The SMILES string of the molecule is O=C(Cc1ccccc1)Nc1ccc(C(=O)N/N=C\[C@@H]2C(=O)NC(=O)N(c3ccc(Cl)cc3)C2=O)cc1. The summed E-state index contributed by atoms with van der Waals surface area (Å²) < 4.78 is 0. The number of hydrogen-bond donors (Lipinski definition) is 3. The van der Waals surface area contributed by atoms with Gasteiger partial charge in [-0.2, -0.15) is 5.10 Å². The third-order valence-electron chi connectivity index (χ3n) is 5.32. The molecule has 6 amide bonds. The molecule has 0 bridgehead atoms. The third-order valence-corrected chi connectivity index (χ3v) is 5.57. The van der Waals surface area contributed by atoms with Crippen LogP contribution < -0.4 is 21.0 Å². The number of barbiturate groups is 1. The van der Waals surface area contributed by atoms with E-state index in [1.165, 1.54) is 36.4 Å². The Labute approximate surface area is 216 Å². The number of rotatable bonds is 7. The van der Waals surface area contributed by atoms with Gasteiger partial charge in [0.2, 0.25) is 11.8 Å². The predicted molar refractivity (Wildman–Crippen MR) is 137 cm³/mol. The molecule has 0 radical (unpaired) electrons. The summed E-state index contributed by atoms with van der Waals surface area (Å²) in [4.78, 5) is 62.6. The van der Waals surface area contributed by atoms with Gasteiger partial charge in [-0.05, 0) is 54.1 Å². The van der Waals surface area contributed by atoms with E-state index in [1.54, 1.807) is 12.1 Å². The third kappa shape index (κ3) is 6.24. The molecule has 3 N–H and O–H groups in total. The Balaban J connectivity index is 1.35. The lowest BCUT2D eigenvalue weighted by atomic mass is 10.1. The van der Waals surface area contributed by atoms with Gasteiger partial charge in [0.1, 0.15) is 0 Å². The van der Waals surface area contributed by atoms with E-state index < -0.39 is 29.7 Å². The fraction of sp³-hybridized carbons (Fsp3) is 0.0769. The number of anilines is 2. The number of nitrogens with one attached hydrogen (secondary N) is 3. The van der Waals surface area contributed by atoms with Gasteiger partial charge in [-0.3, -0.25) is 24.5 Å². The number of imide groups is 2. The van der Waals surface area contributed by atoms with Gasteiger partial charge in [0.05, 0.1) is 12.1 Å². The molecular weight excluding hydrogens is 498 g/mol. The Hall–Kier alpha value is -4.83. The molecule has 0 aliphatic carbocycles. The van der Waals surface area contributed by atoms with Crippen LogP contribution in [0.25, 0.3) is 0 Å². The summed E-state index contributed by atoms with van der Waals surface area (Å²) >= 11 is 5.85. The number of carbonyl (C=O) groups excluding carboxylic acids is 5. The van der Waals surface area contributed by atoms with Crippen LogP contribution in [-0.4, -0.2) is 35.9 Å². The summed E-state index contributed by atoms with van der Waals surface area (Å²) in [7, 11) is 0. The minimum absolute atomic E-state index is 0.199. The first-order chi connectivity index (χ1) is 17.8. The van der Waals surface area contributed by atoms with E-state index in [2.05, 4.69) is 21.2 Å². The molecule has 3 aromatic rings. The summed E-state index contributed by atoms with van der Waals surface area (Å²) in [5.74, 6) is -3.93. The van der Waals surface area contributed by atoms with Gasteiger partial charge in [-0.25, -0.2) is 15.1 Å². The van der Waals surface area contributed by atoms with Crippen LogP contribution >= 0.6 is 11.6 Å². The van der Waals surface area contributed by atoms with Crippen molar-refractivity contribution >= 4 is 58.9 Å². The summed E-state index contributed by atoms with van der Waals surface area (Å²) in [6.45, 7) is 0. The lowest BCUT2D eigenvalue weighted by Gasteiger charge is -2.28. The fourth-order valence-corrected chi connectivity index (χ4v) is 3.61. The van der Waals surface area contributed by atoms with E-state index in [0.29, 0.717) is 10.7 Å². The van der Waals surface area contributed by atoms with Crippen molar-refractivity contribution < 1.29 is 24.0 Å². The zero-order valence-corrected chi connectivity index (χ0v) is 19.9. The maximum absolute atomic E-state index is 12.8. The van der Waals surface area contributed by atoms with E-state index in [0.717, 1.165) is 16.7 Å². The molecule has 37 heavy (non-hydrogen) atoms. The van der Waals surface area contributed by atoms with Gasteiger partial charge in [0.25, 0.3) is 11.8 Å². The molecule has 1 aliphatic heterocycles. The van der Waals surface area contributed by atoms with Crippen molar-refractivity contribution in [3.63, 3.8) is 0 Å². The smallest absolute Gasteiger partial charge is 0.326 e. The molecule has 1 fully saturated rings. The van der Waals surface area contributed by atoms with Gasteiger partial charge in [-0.1, -0.05) is 41.9 Å². The van der Waals surface area contributed by atoms with Crippen LogP contribution in [-0.2, 0) is 20.8 Å². The number of carbonyl (C=O) groups is 5. The zero-order valence-electron chi connectivity index (χ0n) is 19.2. The molecule has 3 aromatic carbocycles. The molecule has 11 heteroatoms. The van der Waals surface area contributed by atoms with Crippen molar-refractivity contribution in [2.24, 2.45) is 11.0 Å². The highest BCUT2D eigenvalue weighted by molar-refractivity contribution is 6.33. The van der Waals surface area contributed by atoms with Gasteiger partial charge in [0, 0.05) is 22.5 Å². The first-order valence-electron chi connectivity index (χ1n) is 11.0. The maximum Gasteiger partial charge on any atom is 0.335 e. The fourth-order valence-electron chi connectivity index (χ4n) is 3.48. The Morgan fingerprint density at radius 3 is 2.30 bits per heavy atom. The Bertz CT molecular complexity index is 1370. The first kappa shape index (κ1) is 25.3. The number of hydrogen-bond acceptors (Lipinski definition) is 6. The van der Waals surface area contributed by atoms with Crippen molar-refractivity contribution in [3.8, 4) is 0 Å². The monoisotopic (exact) mass is 517 g/mol. The number of nitrogens with zero attached hydrogens (tertiary/aromatic N) is 2. The highest BCUT2D eigenvalue weighted by Crippen LogP contribution is 2.22. The molecule has 186 valence electrons. The van der Waals surface area contributed by atoms with Crippen molar-refractivity contribution in [2.75, 3.05) is 10.2 Å². The minimum Gasteiger partial charge on any atom is -0.326 e. The summed E-state index contributed by atoms with van der Waals surface area (Å²) in [6.07, 6.45) is 1.16. The highest BCUT2D eigenvalue weighted by Gasteiger charge is 2.40. The van der Waals surface area contributed by atoms with Gasteiger partial charge >= 0.3 is 6.03 Å². The van der Waals surface area contributed by atoms with Crippen molar-refractivity contribution in [1.82, 2.24) is 10.7 Å². The van der Waals surface area contributed by atoms with E-state index >= 15 is 0 Å². The molecule has 4 rings (SSSR count). The van der Waals surface area contributed by atoms with Crippen molar-refractivity contribution in [3.05, 3.63) is 95.0 Å². The molecule has 0 aromatic heterocycles. The zero-order chi connectivity index (χ0) is 26.4. The van der Waals surface area contributed by atoms with E-state index in [-0.39, 0.29) is 23.6 Å². The largest absolute Gasteiger partial charge is 0.335 e. The number of hydrazone groups is 1. The summed E-state index contributed by atoms with van der Waals surface area (Å²) in [6, 6.07) is 20.4. The Morgan fingerprint density at radius 1 is 0.946 bits per heavy atom. The van der Waals surface area contributed by atoms with E-state index in [1.807, 2.05) is 30.3 Å². The van der Waals surface area contributed by atoms with Crippen molar-refractivity contribution in [2.45, 2.75) is 6.42 Å². The molecule has 0 unspecified atom stereocenters. The molecule has 1 atom stereocenters. The van der Waals surface area contributed by atoms with Crippen LogP contribution in [0, 0.1) is 5.92 Å². The quantitative estimate of drug-likeness (QED) is 0.251. The number of halogens is 1. The molecule has 0 spiro atoms. The molecule has 1 saturated heterocycles. The van der Waals surface area contributed by atoms with Gasteiger partial charge in [-0.15, -0.1) is 0 Å². The molecule has 10 nitrogen and oxygen atoms in total. The lowest BCUT2D eigenvalue weighted by Crippen LogP contribution is -2.58. The van der Waals surface area contributed by atoms with Crippen LogP contribution in [0.3, 0.4) is 0 Å². The van der Waals surface area contributed by atoms with Crippen LogP contribution in [0.5, 0.6) is 0 Å². The number of benzene rings is 3. The molecular formula is C26H20ClN5O5. The van der Waals surface area contributed by atoms with E-state index in [4.69, 9.17) is 11.6 Å². The molecule has 1 aliphatic rings. The number of urea groups is 1. The highest BCUT2D eigenvalue weighted by atomic mass is 35.5. The second kappa shape index (κ2) is 11.3.